The summed E-state index contributed by atoms with van der Waals surface area (Å²) >= 11 is 0. The normalized spacial score (nSPS) is 29.3. The molecule has 1 aromatic heterocycles. The quantitative estimate of drug-likeness (QED) is 0.831. The number of aromatic nitrogens is 3. The first kappa shape index (κ1) is 15.1. The van der Waals surface area contributed by atoms with Crippen LogP contribution in [0.3, 0.4) is 0 Å². The van der Waals surface area contributed by atoms with Gasteiger partial charge in [0.2, 0.25) is 5.91 Å². The lowest BCUT2D eigenvalue weighted by atomic mass is 10.0. The lowest BCUT2D eigenvalue weighted by Crippen LogP contribution is -2.46. The van der Waals surface area contributed by atoms with Crippen molar-refractivity contribution >= 4 is 5.91 Å². The highest BCUT2D eigenvalue weighted by Gasteiger charge is 2.43. The topological polar surface area (TPSA) is 85.3 Å². The molecule has 7 nitrogen and oxygen atoms in total. The number of nitrogens with zero attached hydrogens (tertiary/aromatic N) is 4. The lowest BCUT2D eigenvalue weighted by molar-refractivity contribution is -0.135. The summed E-state index contributed by atoms with van der Waals surface area (Å²) in [6.07, 6.45) is 9.29. The number of carbonyl (C=O) groups is 1. The predicted molar refractivity (Wildman–Crippen MR) is 83.5 cm³/mol. The second-order valence-electron chi connectivity index (χ2n) is 7.32. The first-order chi connectivity index (χ1) is 11.2. The minimum Gasteiger partial charge on any atom is -0.382 e. The Bertz CT molecular complexity index is 553. The molecule has 2 N–H and O–H groups in total. The Kier molecular flexibility index (Phi) is 3.85. The van der Waals surface area contributed by atoms with E-state index in [9.17, 15) is 9.90 Å². The zero-order valence-electron chi connectivity index (χ0n) is 13.4. The van der Waals surface area contributed by atoms with Crippen molar-refractivity contribution in [2.24, 2.45) is 0 Å². The average Bonchev–Trinajstić information content (AvgIpc) is 2.99. The predicted octanol–water partition coefficient (Wildman–Crippen LogP) is 0.632. The number of carbonyl (C=O) groups excluding carboxylic acids is 1. The Morgan fingerprint density at radius 2 is 2.09 bits per heavy atom. The van der Waals surface area contributed by atoms with Crippen LogP contribution in [-0.2, 0) is 10.4 Å². The molecule has 1 atom stereocenters. The molecule has 0 spiro atoms. The Hall–Kier alpha value is -1.47. The van der Waals surface area contributed by atoms with Crippen LogP contribution in [0.2, 0.25) is 0 Å². The van der Waals surface area contributed by atoms with Gasteiger partial charge in [-0.05, 0) is 32.1 Å². The van der Waals surface area contributed by atoms with Crippen LogP contribution in [0.15, 0.2) is 6.20 Å². The van der Waals surface area contributed by atoms with E-state index in [4.69, 9.17) is 0 Å². The Balaban J connectivity index is 1.39. The minimum absolute atomic E-state index is 0.240. The molecule has 2 saturated carbocycles. The molecule has 2 aliphatic carbocycles. The van der Waals surface area contributed by atoms with Crippen LogP contribution in [-0.4, -0.2) is 67.9 Å². The van der Waals surface area contributed by atoms with E-state index in [0.717, 1.165) is 32.2 Å². The summed E-state index contributed by atoms with van der Waals surface area (Å²) in [5.74, 6) is 0.240. The SMILES string of the molecule is O=C(CN1CCC(O)(c2cn[nH]n2)C1)N(C1CCCC1)C1CC1. The fraction of sp³-hybridized carbons (Fsp3) is 0.812. The first-order valence-electron chi connectivity index (χ1n) is 8.78. The molecular formula is C16H25N5O2. The van der Waals surface area contributed by atoms with Crippen molar-refractivity contribution in [1.29, 1.82) is 0 Å². The monoisotopic (exact) mass is 319 g/mol. The van der Waals surface area contributed by atoms with E-state index in [1.165, 1.54) is 12.8 Å². The molecule has 3 aliphatic rings. The van der Waals surface area contributed by atoms with E-state index in [-0.39, 0.29) is 5.91 Å². The molecule has 3 fully saturated rings. The zero-order valence-corrected chi connectivity index (χ0v) is 13.4. The van der Waals surface area contributed by atoms with Gasteiger partial charge in [-0.15, -0.1) is 0 Å². The summed E-state index contributed by atoms with van der Waals surface area (Å²) in [6, 6.07) is 0.926. The molecule has 1 saturated heterocycles. The number of aliphatic hydroxyl groups is 1. The number of likely N-dealkylation sites (tertiary alicyclic amines) is 1. The summed E-state index contributed by atoms with van der Waals surface area (Å²) in [5, 5.41) is 21.1. The second-order valence-corrected chi connectivity index (χ2v) is 7.32. The molecule has 1 aliphatic heterocycles. The van der Waals surface area contributed by atoms with E-state index >= 15 is 0 Å². The van der Waals surface area contributed by atoms with Gasteiger partial charge < -0.3 is 10.0 Å². The largest absolute Gasteiger partial charge is 0.382 e. The first-order valence-corrected chi connectivity index (χ1v) is 8.78. The van der Waals surface area contributed by atoms with E-state index in [2.05, 4.69) is 25.2 Å². The fourth-order valence-electron chi connectivity index (χ4n) is 4.15. The molecule has 1 amide bonds. The van der Waals surface area contributed by atoms with Crippen LogP contribution in [0, 0.1) is 0 Å². The summed E-state index contributed by atoms with van der Waals surface area (Å²) in [5.41, 5.74) is -0.410. The van der Waals surface area contributed by atoms with Crippen LogP contribution in [0.1, 0.15) is 50.6 Å². The van der Waals surface area contributed by atoms with Gasteiger partial charge >= 0.3 is 0 Å². The van der Waals surface area contributed by atoms with Crippen LogP contribution in [0.4, 0.5) is 0 Å². The summed E-state index contributed by atoms with van der Waals surface area (Å²) in [4.78, 5) is 17.1. The van der Waals surface area contributed by atoms with Gasteiger partial charge in [0.15, 0.2) is 0 Å². The third-order valence-electron chi connectivity index (χ3n) is 5.52. The third kappa shape index (κ3) is 2.99. The van der Waals surface area contributed by atoms with Crippen LogP contribution in [0.25, 0.3) is 0 Å². The van der Waals surface area contributed by atoms with Gasteiger partial charge in [0.05, 0.1) is 12.7 Å². The van der Waals surface area contributed by atoms with Crippen LogP contribution >= 0.6 is 0 Å². The van der Waals surface area contributed by atoms with Crippen molar-refractivity contribution in [3.05, 3.63) is 11.9 Å². The number of β-amino-alcohol motifs (C(OH)–C–C–N with tert-alkyl or cyclic N) is 1. The molecule has 126 valence electrons. The van der Waals surface area contributed by atoms with Gasteiger partial charge in [-0.1, -0.05) is 12.8 Å². The molecule has 0 radical (unpaired) electrons. The van der Waals surface area contributed by atoms with Crippen LogP contribution < -0.4 is 0 Å². The second kappa shape index (κ2) is 5.87. The minimum atomic E-state index is -0.981. The van der Waals surface area contributed by atoms with Gasteiger partial charge in [0.1, 0.15) is 11.3 Å². The van der Waals surface area contributed by atoms with Crippen molar-refractivity contribution in [2.45, 2.75) is 62.6 Å². The lowest BCUT2D eigenvalue weighted by Gasteiger charge is -2.31. The number of rotatable bonds is 5. The zero-order chi connectivity index (χ0) is 15.9. The van der Waals surface area contributed by atoms with Crippen molar-refractivity contribution in [3.63, 3.8) is 0 Å². The van der Waals surface area contributed by atoms with Gasteiger partial charge in [0, 0.05) is 25.2 Å². The Morgan fingerprint density at radius 3 is 2.74 bits per heavy atom. The van der Waals surface area contributed by atoms with Gasteiger partial charge in [-0.3, -0.25) is 9.69 Å². The summed E-state index contributed by atoms with van der Waals surface area (Å²) in [6.45, 7) is 1.58. The smallest absolute Gasteiger partial charge is 0.237 e. The maximum Gasteiger partial charge on any atom is 0.237 e. The number of nitrogens with one attached hydrogen (secondary N) is 1. The van der Waals surface area contributed by atoms with Gasteiger partial charge in [0.25, 0.3) is 0 Å². The molecule has 2 heterocycles. The van der Waals surface area contributed by atoms with Crippen molar-refractivity contribution in [2.75, 3.05) is 19.6 Å². The highest BCUT2D eigenvalue weighted by Crippen LogP contribution is 2.35. The van der Waals surface area contributed by atoms with Crippen molar-refractivity contribution < 1.29 is 9.90 Å². The molecule has 0 aromatic carbocycles. The van der Waals surface area contributed by atoms with E-state index < -0.39 is 5.60 Å². The highest BCUT2D eigenvalue weighted by atomic mass is 16.3. The number of amides is 1. The Morgan fingerprint density at radius 1 is 1.35 bits per heavy atom. The molecule has 4 rings (SSSR count). The molecular weight excluding hydrogens is 294 g/mol. The molecule has 7 heteroatoms. The number of hydrogen-bond acceptors (Lipinski definition) is 5. The number of H-pyrrole nitrogens is 1. The molecule has 1 aromatic rings. The number of aromatic amines is 1. The van der Waals surface area contributed by atoms with E-state index in [1.54, 1.807) is 6.20 Å². The fourth-order valence-corrected chi connectivity index (χ4v) is 4.15. The highest BCUT2D eigenvalue weighted by molar-refractivity contribution is 5.79. The number of hydrogen-bond donors (Lipinski definition) is 2. The van der Waals surface area contributed by atoms with Gasteiger partial charge in [-0.25, -0.2) is 0 Å². The average molecular weight is 319 g/mol. The third-order valence-corrected chi connectivity index (χ3v) is 5.52. The standard InChI is InChI=1S/C16H25N5O2/c22-15(21(13-5-6-13)12-3-1-2-4-12)10-20-8-7-16(23,11-20)14-9-17-19-18-14/h9,12-13,23H,1-8,10-11H2,(H,17,18,19). The van der Waals surface area contributed by atoms with Crippen molar-refractivity contribution in [3.8, 4) is 0 Å². The maximum atomic E-state index is 12.8. The molecule has 23 heavy (non-hydrogen) atoms. The summed E-state index contributed by atoms with van der Waals surface area (Å²) < 4.78 is 0. The van der Waals surface area contributed by atoms with E-state index in [0.29, 0.717) is 37.3 Å². The maximum absolute atomic E-state index is 12.8. The van der Waals surface area contributed by atoms with Crippen molar-refractivity contribution in [1.82, 2.24) is 25.2 Å². The van der Waals surface area contributed by atoms with Gasteiger partial charge in [-0.2, -0.15) is 15.4 Å². The molecule has 0 bridgehead atoms. The van der Waals surface area contributed by atoms with E-state index in [1.807, 2.05) is 0 Å². The van der Waals surface area contributed by atoms with Crippen LogP contribution in [0.5, 0.6) is 0 Å². The summed E-state index contributed by atoms with van der Waals surface area (Å²) in [7, 11) is 0. The molecule has 1 unspecified atom stereocenters. The Labute approximate surface area is 136 Å².